The van der Waals surface area contributed by atoms with Crippen LogP contribution in [-0.2, 0) is 0 Å². The molecule has 0 unspecified atom stereocenters. The van der Waals surface area contributed by atoms with Crippen LogP contribution in [0.25, 0.3) is 10.2 Å². The van der Waals surface area contributed by atoms with Gasteiger partial charge in [0, 0.05) is 36.3 Å². The molecule has 3 aromatic rings. The minimum atomic E-state index is -0.00286. The van der Waals surface area contributed by atoms with E-state index in [1.807, 2.05) is 25.4 Å². The smallest absolute Gasteiger partial charge is 0.261 e. The average molecular weight is 409 g/mol. The number of carbonyl (C=O) groups excluding carboxylic acids is 1. The molecule has 4 heterocycles. The van der Waals surface area contributed by atoms with Gasteiger partial charge in [-0.3, -0.25) is 9.78 Å². The lowest BCUT2D eigenvalue weighted by Crippen LogP contribution is -2.59. The SMILES string of the molecule is CCC(CC)c1ccc(N2CC(NC(=O)c3cc4c(C)c(C)cnc4s3)C2)cn1. The molecule has 0 radical (unpaired) electrons. The van der Waals surface area contributed by atoms with Crippen LogP contribution in [0.2, 0.25) is 0 Å². The van der Waals surface area contributed by atoms with Crippen molar-refractivity contribution < 1.29 is 4.79 Å². The van der Waals surface area contributed by atoms with Crippen LogP contribution in [0.5, 0.6) is 0 Å². The van der Waals surface area contributed by atoms with Crippen molar-refractivity contribution >= 4 is 33.1 Å². The van der Waals surface area contributed by atoms with Crippen molar-refractivity contribution in [3.63, 3.8) is 0 Å². The van der Waals surface area contributed by atoms with Crippen LogP contribution in [-0.4, -0.2) is 35.0 Å². The Balaban J connectivity index is 1.36. The molecule has 3 aromatic heterocycles. The zero-order valence-corrected chi connectivity index (χ0v) is 18.3. The molecule has 0 bridgehead atoms. The Kier molecular flexibility index (Phi) is 5.54. The van der Waals surface area contributed by atoms with Crippen molar-refractivity contribution in [1.82, 2.24) is 15.3 Å². The number of hydrogen-bond acceptors (Lipinski definition) is 5. The quantitative estimate of drug-likeness (QED) is 0.635. The minimum Gasteiger partial charge on any atom is -0.366 e. The highest BCUT2D eigenvalue weighted by atomic mass is 32.1. The second kappa shape index (κ2) is 8.11. The lowest BCUT2D eigenvalue weighted by atomic mass is 9.98. The first-order valence-corrected chi connectivity index (χ1v) is 11.2. The van der Waals surface area contributed by atoms with E-state index in [0.717, 1.165) is 52.3 Å². The maximum atomic E-state index is 12.7. The lowest BCUT2D eigenvalue weighted by Gasteiger charge is -2.41. The number of nitrogens with zero attached hydrogens (tertiary/aromatic N) is 3. The van der Waals surface area contributed by atoms with E-state index in [9.17, 15) is 4.79 Å². The molecule has 152 valence electrons. The molecule has 1 saturated heterocycles. The Hall–Kier alpha value is -2.47. The highest BCUT2D eigenvalue weighted by Gasteiger charge is 2.29. The van der Waals surface area contributed by atoms with E-state index in [1.165, 1.54) is 22.6 Å². The third-order valence-electron chi connectivity index (χ3n) is 6.06. The van der Waals surface area contributed by atoms with Gasteiger partial charge in [-0.25, -0.2) is 4.98 Å². The number of aryl methyl sites for hydroxylation is 2. The number of aromatic nitrogens is 2. The third-order valence-corrected chi connectivity index (χ3v) is 7.11. The first-order valence-electron chi connectivity index (χ1n) is 10.4. The fraction of sp³-hybridized carbons (Fsp3) is 0.435. The molecule has 0 atom stereocenters. The summed E-state index contributed by atoms with van der Waals surface area (Å²) >= 11 is 1.46. The largest absolute Gasteiger partial charge is 0.366 e. The van der Waals surface area contributed by atoms with Gasteiger partial charge in [0.1, 0.15) is 4.83 Å². The number of amides is 1. The monoisotopic (exact) mass is 408 g/mol. The molecule has 0 aromatic carbocycles. The summed E-state index contributed by atoms with van der Waals surface area (Å²) in [6.45, 7) is 10.2. The molecule has 1 aliphatic heterocycles. The second-order valence-corrected chi connectivity index (χ2v) is 8.96. The van der Waals surface area contributed by atoms with E-state index >= 15 is 0 Å². The molecule has 1 aliphatic rings. The minimum absolute atomic E-state index is 0.00286. The number of carbonyl (C=O) groups is 1. The molecule has 0 saturated carbocycles. The second-order valence-electron chi connectivity index (χ2n) is 7.93. The molecular formula is C23H28N4OS. The molecule has 1 N–H and O–H groups in total. The summed E-state index contributed by atoms with van der Waals surface area (Å²) in [6, 6.07) is 6.44. The Morgan fingerprint density at radius 1 is 1.21 bits per heavy atom. The van der Waals surface area contributed by atoms with Gasteiger partial charge in [0.05, 0.1) is 22.8 Å². The van der Waals surface area contributed by atoms with E-state index in [4.69, 9.17) is 0 Å². The van der Waals surface area contributed by atoms with Gasteiger partial charge in [0.15, 0.2) is 0 Å². The predicted octanol–water partition coefficient (Wildman–Crippen LogP) is 4.83. The van der Waals surface area contributed by atoms with Crippen molar-refractivity contribution in [1.29, 1.82) is 0 Å². The summed E-state index contributed by atoms with van der Waals surface area (Å²) in [5.41, 5.74) is 4.65. The normalized spacial score (nSPS) is 14.4. The van der Waals surface area contributed by atoms with Crippen molar-refractivity contribution in [3.05, 3.63) is 52.3 Å². The molecule has 29 heavy (non-hydrogen) atoms. The van der Waals surface area contributed by atoms with Crippen molar-refractivity contribution in [2.24, 2.45) is 0 Å². The summed E-state index contributed by atoms with van der Waals surface area (Å²) in [5, 5.41) is 4.24. The van der Waals surface area contributed by atoms with Crippen LogP contribution >= 0.6 is 11.3 Å². The van der Waals surface area contributed by atoms with E-state index < -0.39 is 0 Å². The van der Waals surface area contributed by atoms with Gasteiger partial charge in [0.2, 0.25) is 0 Å². The third kappa shape index (κ3) is 3.86. The summed E-state index contributed by atoms with van der Waals surface area (Å²) in [5.74, 6) is 0.535. The first kappa shape index (κ1) is 19.8. The Labute approximate surface area is 176 Å². The van der Waals surface area contributed by atoms with E-state index in [2.05, 4.69) is 53.1 Å². The van der Waals surface area contributed by atoms with Crippen LogP contribution in [0.4, 0.5) is 5.69 Å². The number of pyridine rings is 2. The molecule has 4 rings (SSSR count). The fourth-order valence-electron chi connectivity index (χ4n) is 3.89. The highest BCUT2D eigenvalue weighted by Crippen LogP contribution is 2.29. The van der Waals surface area contributed by atoms with Crippen LogP contribution in [0.1, 0.15) is 59.1 Å². The van der Waals surface area contributed by atoms with Crippen LogP contribution < -0.4 is 10.2 Å². The summed E-state index contributed by atoms with van der Waals surface area (Å²) in [6.07, 6.45) is 6.08. The van der Waals surface area contributed by atoms with Gasteiger partial charge in [-0.1, -0.05) is 13.8 Å². The molecular weight excluding hydrogens is 380 g/mol. The van der Waals surface area contributed by atoms with Gasteiger partial charge in [-0.15, -0.1) is 11.3 Å². The van der Waals surface area contributed by atoms with Crippen LogP contribution in [0.3, 0.4) is 0 Å². The van der Waals surface area contributed by atoms with Gasteiger partial charge in [-0.05, 0) is 56.0 Å². The van der Waals surface area contributed by atoms with Crippen molar-refractivity contribution in [2.45, 2.75) is 52.5 Å². The van der Waals surface area contributed by atoms with Crippen molar-refractivity contribution in [2.75, 3.05) is 18.0 Å². The number of anilines is 1. The summed E-state index contributed by atoms with van der Waals surface area (Å²) in [7, 11) is 0. The number of fused-ring (bicyclic) bond motifs is 1. The Morgan fingerprint density at radius 3 is 2.62 bits per heavy atom. The molecule has 0 spiro atoms. The van der Waals surface area contributed by atoms with Crippen LogP contribution in [0, 0.1) is 13.8 Å². The average Bonchev–Trinajstić information content (AvgIpc) is 3.14. The maximum Gasteiger partial charge on any atom is 0.261 e. The zero-order valence-electron chi connectivity index (χ0n) is 17.5. The molecule has 1 fully saturated rings. The van der Waals surface area contributed by atoms with Gasteiger partial charge < -0.3 is 10.2 Å². The van der Waals surface area contributed by atoms with E-state index in [1.54, 1.807) is 0 Å². The first-order chi connectivity index (χ1) is 14.0. The molecule has 0 aliphatic carbocycles. The standard InChI is InChI=1S/C23H28N4OS/c1-5-16(6-2)20-8-7-18(11-24-20)27-12-17(13-27)26-22(28)21-9-19-15(4)14(3)10-25-23(19)29-21/h7-11,16-17H,5-6,12-13H2,1-4H3,(H,26,28). The van der Waals surface area contributed by atoms with E-state index in [0.29, 0.717) is 5.92 Å². The van der Waals surface area contributed by atoms with Gasteiger partial charge in [-0.2, -0.15) is 0 Å². The zero-order chi connectivity index (χ0) is 20.5. The predicted molar refractivity (Wildman–Crippen MR) is 120 cm³/mol. The van der Waals surface area contributed by atoms with Gasteiger partial charge >= 0.3 is 0 Å². The topological polar surface area (TPSA) is 58.1 Å². The Bertz CT molecular complexity index is 1020. The lowest BCUT2D eigenvalue weighted by molar-refractivity contribution is 0.0934. The number of nitrogens with one attached hydrogen (secondary N) is 1. The highest BCUT2D eigenvalue weighted by molar-refractivity contribution is 7.20. The number of rotatable bonds is 6. The Morgan fingerprint density at radius 2 is 1.97 bits per heavy atom. The summed E-state index contributed by atoms with van der Waals surface area (Å²) in [4.78, 5) is 25.7. The molecule has 1 amide bonds. The number of hydrogen-bond donors (Lipinski definition) is 1. The van der Waals surface area contributed by atoms with E-state index in [-0.39, 0.29) is 11.9 Å². The summed E-state index contributed by atoms with van der Waals surface area (Å²) < 4.78 is 0. The molecule has 6 heteroatoms. The van der Waals surface area contributed by atoms with Crippen LogP contribution in [0.15, 0.2) is 30.6 Å². The number of thiophene rings is 1. The van der Waals surface area contributed by atoms with Gasteiger partial charge in [0.25, 0.3) is 5.91 Å². The maximum absolute atomic E-state index is 12.7. The molecule has 5 nitrogen and oxygen atoms in total. The fourth-order valence-corrected chi connectivity index (χ4v) is 4.86. The van der Waals surface area contributed by atoms with Crippen molar-refractivity contribution in [3.8, 4) is 0 Å².